The lowest BCUT2D eigenvalue weighted by Crippen LogP contribution is -2.19. The van der Waals surface area contributed by atoms with Gasteiger partial charge in [0, 0.05) is 13.6 Å². The van der Waals surface area contributed by atoms with Crippen molar-refractivity contribution in [1.29, 1.82) is 0 Å². The van der Waals surface area contributed by atoms with Crippen molar-refractivity contribution in [2.24, 2.45) is 0 Å². The summed E-state index contributed by atoms with van der Waals surface area (Å²) < 4.78 is 24.4. The molecule has 1 aliphatic rings. The van der Waals surface area contributed by atoms with Gasteiger partial charge in [0.2, 0.25) is 10.0 Å². The Hall–Kier alpha value is -0.610. The van der Waals surface area contributed by atoms with Crippen LogP contribution < -0.4 is 0 Å². The Balaban J connectivity index is 3.28. The van der Waals surface area contributed by atoms with Gasteiger partial charge < -0.3 is 0 Å². The lowest BCUT2D eigenvalue weighted by molar-refractivity contribution is 0.518. The van der Waals surface area contributed by atoms with Gasteiger partial charge in [0.1, 0.15) is 0 Å². The molecule has 0 atom stereocenters. The van der Waals surface area contributed by atoms with Crippen LogP contribution in [0.5, 0.6) is 0 Å². The molecule has 1 heterocycles. The van der Waals surface area contributed by atoms with Crippen LogP contribution in [0.1, 0.15) is 13.8 Å². The molecule has 0 aromatic heterocycles. The molecule has 68 valence electrons. The summed E-state index contributed by atoms with van der Waals surface area (Å²) in [6, 6.07) is 0. The minimum Gasteiger partial charge on any atom is -0.207 e. The zero-order valence-electron chi connectivity index (χ0n) is 7.53. The van der Waals surface area contributed by atoms with Crippen LogP contribution in [0.4, 0.5) is 0 Å². The summed E-state index contributed by atoms with van der Waals surface area (Å²) in [5.41, 5.74) is 0.889. The maximum atomic E-state index is 11.5. The van der Waals surface area contributed by atoms with Crippen molar-refractivity contribution in [2.75, 3.05) is 13.6 Å². The number of hydrogen-bond donors (Lipinski definition) is 0. The van der Waals surface area contributed by atoms with E-state index in [0.717, 1.165) is 5.57 Å². The minimum atomic E-state index is -3.15. The molecular formula is C8H13NO2S. The third-order valence-corrected chi connectivity index (χ3v) is 4.01. The van der Waals surface area contributed by atoms with E-state index in [0.29, 0.717) is 11.4 Å². The molecule has 0 aromatic rings. The van der Waals surface area contributed by atoms with Gasteiger partial charge in [-0.05, 0) is 19.4 Å². The summed E-state index contributed by atoms with van der Waals surface area (Å²) in [5.74, 6) is 0. The fraction of sp³-hybridized carbons (Fsp3) is 0.500. The Labute approximate surface area is 73.4 Å². The first-order valence-electron chi connectivity index (χ1n) is 3.82. The number of sulfonamides is 1. The zero-order valence-corrected chi connectivity index (χ0v) is 8.35. The number of rotatable bonds is 0. The van der Waals surface area contributed by atoms with Gasteiger partial charge in [0.05, 0.1) is 4.91 Å². The molecule has 0 bridgehead atoms. The number of hydrogen-bond acceptors (Lipinski definition) is 2. The van der Waals surface area contributed by atoms with Crippen molar-refractivity contribution >= 4 is 10.0 Å². The first-order valence-corrected chi connectivity index (χ1v) is 5.26. The Bertz CT molecular complexity index is 338. The Morgan fingerprint density at radius 1 is 1.33 bits per heavy atom. The lowest BCUT2D eigenvalue weighted by atomic mass is 10.2. The molecule has 0 N–H and O–H groups in total. The van der Waals surface area contributed by atoms with E-state index in [1.54, 1.807) is 20.0 Å². The monoisotopic (exact) mass is 187 g/mol. The van der Waals surface area contributed by atoms with Crippen molar-refractivity contribution in [1.82, 2.24) is 4.31 Å². The fourth-order valence-electron chi connectivity index (χ4n) is 1.30. The lowest BCUT2D eigenvalue weighted by Gasteiger charge is -2.03. The largest absolute Gasteiger partial charge is 0.243 e. The highest BCUT2D eigenvalue weighted by Gasteiger charge is 2.33. The summed E-state index contributed by atoms with van der Waals surface area (Å²) in [6.45, 7) is 4.10. The second-order valence-corrected chi connectivity index (χ2v) is 4.74. The molecule has 0 saturated carbocycles. The van der Waals surface area contributed by atoms with Crippen LogP contribution >= 0.6 is 0 Å². The molecule has 0 unspecified atom stereocenters. The minimum absolute atomic E-state index is 0.451. The van der Waals surface area contributed by atoms with Crippen molar-refractivity contribution < 1.29 is 8.42 Å². The predicted octanol–water partition coefficient (Wildman–Crippen LogP) is 1.11. The van der Waals surface area contributed by atoms with E-state index in [2.05, 4.69) is 0 Å². The molecular weight excluding hydrogens is 174 g/mol. The third kappa shape index (κ3) is 1.21. The highest BCUT2D eigenvalue weighted by molar-refractivity contribution is 7.93. The summed E-state index contributed by atoms with van der Waals surface area (Å²) in [7, 11) is -1.56. The molecule has 1 fully saturated rings. The van der Waals surface area contributed by atoms with Crippen molar-refractivity contribution in [2.45, 2.75) is 13.8 Å². The van der Waals surface area contributed by atoms with Gasteiger partial charge in [-0.15, -0.1) is 0 Å². The van der Waals surface area contributed by atoms with Crippen molar-refractivity contribution in [3.05, 3.63) is 22.6 Å². The first-order chi connectivity index (χ1) is 5.54. The molecule has 1 rings (SSSR count). The van der Waals surface area contributed by atoms with E-state index in [1.165, 1.54) is 4.31 Å². The highest BCUT2D eigenvalue weighted by atomic mass is 32.2. The summed E-state index contributed by atoms with van der Waals surface area (Å²) in [6.07, 6.45) is 3.49. The van der Waals surface area contributed by atoms with E-state index in [9.17, 15) is 8.42 Å². The Morgan fingerprint density at radius 3 is 2.25 bits per heavy atom. The fourth-order valence-corrected chi connectivity index (χ4v) is 2.76. The molecule has 1 aliphatic heterocycles. The van der Waals surface area contributed by atoms with Gasteiger partial charge >= 0.3 is 0 Å². The summed E-state index contributed by atoms with van der Waals surface area (Å²) in [5, 5.41) is 0. The molecule has 12 heavy (non-hydrogen) atoms. The second-order valence-electron chi connectivity index (χ2n) is 2.73. The van der Waals surface area contributed by atoms with Crippen LogP contribution in [-0.2, 0) is 10.0 Å². The smallest absolute Gasteiger partial charge is 0.207 e. The average molecular weight is 187 g/mol. The second kappa shape index (κ2) is 3.03. The van der Waals surface area contributed by atoms with Gasteiger partial charge in [0.25, 0.3) is 0 Å². The highest BCUT2D eigenvalue weighted by Crippen LogP contribution is 2.28. The zero-order chi connectivity index (χ0) is 9.35. The Kier molecular flexibility index (Phi) is 2.39. The topological polar surface area (TPSA) is 37.4 Å². The third-order valence-electron chi connectivity index (χ3n) is 2.01. The van der Waals surface area contributed by atoms with E-state index in [4.69, 9.17) is 0 Å². The molecule has 0 radical (unpaired) electrons. The molecule has 4 heteroatoms. The quantitative estimate of drug-likeness (QED) is 0.569. The molecule has 0 amide bonds. The van der Waals surface area contributed by atoms with Gasteiger partial charge in [-0.1, -0.05) is 12.2 Å². The standard InChI is InChI=1S/C8H13NO2S/c1-4-7-6-9(3)12(10,11)8(7)5-2/h4-5H,6H2,1-3H3. The van der Waals surface area contributed by atoms with E-state index < -0.39 is 10.0 Å². The number of likely N-dealkylation sites (N-methyl/N-ethyl adjacent to an activating group) is 1. The van der Waals surface area contributed by atoms with Gasteiger partial charge in [0.15, 0.2) is 0 Å². The van der Waals surface area contributed by atoms with Crippen LogP contribution in [0.3, 0.4) is 0 Å². The van der Waals surface area contributed by atoms with Gasteiger partial charge in [-0.25, -0.2) is 8.42 Å². The summed E-state index contributed by atoms with van der Waals surface area (Å²) in [4.78, 5) is 0.451. The number of allylic oxidation sites excluding steroid dienone is 2. The van der Waals surface area contributed by atoms with Crippen LogP contribution in [-0.4, -0.2) is 26.3 Å². The SMILES string of the molecule is CC=C1CN(C)S(=O)(=O)C1=CC. The van der Waals surface area contributed by atoms with Crippen LogP contribution in [0.25, 0.3) is 0 Å². The van der Waals surface area contributed by atoms with Crippen molar-refractivity contribution in [3.8, 4) is 0 Å². The molecule has 0 aromatic carbocycles. The maximum Gasteiger partial charge on any atom is 0.243 e. The van der Waals surface area contributed by atoms with E-state index in [1.807, 2.05) is 13.0 Å². The number of nitrogens with zero attached hydrogens (tertiary/aromatic N) is 1. The van der Waals surface area contributed by atoms with E-state index in [-0.39, 0.29) is 0 Å². The predicted molar refractivity (Wildman–Crippen MR) is 49.1 cm³/mol. The maximum absolute atomic E-state index is 11.5. The van der Waals surface area contributed by atoms with Gasteiger partial charge in [-0.3, -0.25) is 0 Å². The molecule has 0 spiro atoms. The van der Waals surface area contributed by atoms with Crippen LogP contribution in [0, 0.1) is 0 Å². The molecule has 0 aliphatic carbocycles. The van der Waals surface area contributed by atoms with E-state index >= 15 is 0 Å². The van der Waals surface area contributed by atoms with Crippen LogP contribution in [0.15, 0.2) is 22.6 Å². The summed E-state index contributed by atoms with van der Waals surface area (Å²) >= 11 is 0. The molecule has 1 saturated heterocycles. The van der Waals surface area contributed by atoms with Gasteiger partial charge in [-0.2, -0.15) is 4.31 Å². The van der Waals surface area contributed by atoms with Crippen molar-refractivity contribution in [3.63, 3.8) is 0 Å². The van der Waals surface area contributed by atoms with Crippen LogP contribution in [0.2, 0.25) is 0 Å². The molecule has 3 nitrogen and oxygen atoms in total. The Morgan fingerprint density at radius 2 is 1.92 bits per heavy atom. The average Bonchev–Trinajstić information content (AvgIpc) is 2.23. The normalized spacial score (nSPS) is 30.2. The first kappa shape index (κ1) is 9.48.